The molecule has 4 nitrogen and oxygen atoms in total. The molecule has 0 saturated carbocycles. The highest BCUT2D eigenvalue weighted by molar-refractivity contribution is 7.84. The Morgan fingerprint density at radius 3 is 2.42 bits per heavy atom. The third kappa shape index (κ3) is 5.20. The van der Waals surface area contributed by atoms with Gasteiger partial charge >= 0.3 is 6.03 Å². The van der Waals surface area contributed by atoms with Gasteiger partial charge in [-0.3, -0.25) is 4.21 Å². The minimum Gasteiger partial charge on any atom is -0.324 e. The molecule has 0 radical (unpaired) electrons. The van der Waals surface area contributed by atoms with E-state index in [0.717, 1.165) is 17.7 Å². The predicted molar refractivity (Wildman–Crippen MR) is 101 cm³/mol. The average molecular weight is 344 g/mol. The average Bonchev–Trinajstić information content (AvgIpc) is 2.56. The van der Waals surface area contributed by atoms with Crippen molar-refractivity contribution in [3.05, 3.63) is 65.7 Å². The van der Waals surface area contributed by atoms with Gasteiger partial charge in [0.2, 0.25) is 0 Å². The van der Waals surface area contributed by atoms with Gasteiger partial charge in [-0.15, -0.1) is 0 Å². The molecular formula is C19H24N2O2S. The Morgan fingerprint density at radius 2 is 1.75 bits per heavy atom. The van der Waals surface area contributed by atoms with Crippen LogP contribution in [-0.2, 0) is 17.2 Å². The summed E-state index contributed by atoms with van der Waals surface area (Å²) in [4.78, 5) is 14.1. The van der Waals surface area contributed by atoms with Crippen molar-refractivity contribution in [1.29, 1.82) is 0 Å². The van der Waals surface area contributed by atoms with E-state index in [9.17, 15) is 9.00 Å². The van der Waals surface area contributed by atoms with Crippen molar-refractivity contribution >= 4 is 22.5 Å². The molecule has 2 aromatic rings. The van der Waals surface area contributed by atoms with Gasteiger partial charge in [-0.2, -0.15) is 0 Å². The van der Waals surface area contributed by atoms with Crippen LogP contribution in [0.4, 0.5) is 10.5 Å². The lowest BCUT2D eigenvalue weighted by Crippen LogP contribution is -2.41. The fourth-order valence-electron chi connectivity index (χ4n) is 2.47. The zero-order valence-corrected chi connectivity index (χ0v) is 15.2. The van der Waals surface area contributed by atoms with Gasteiger partial charge < -0.3 is 10.2 Å². The molecule has 2 amide bonds. The predicted octanol–water partition coefficient (Wildman–Crippen LogP) is 3.51. The molecule has 0 unspecified atom stereocenters. The first kappa shape index (κ1) is 18.2. The lowest BCUT2D eigenvalue weighted by atomic mass is 10.0. The summed E-state index contributed by atoms with van der Waals surface area (Å²) < 4.78 is 11.3. The van der Waals surface area contributed by atoms with Crippen LogP contribution in [0.5, 0.6) is 0 Å². The highest BCUT2D eigenvalue weighted by Crippen LogP contribution is 2.19. The maximum atomic E-state index is 12.5. The molecular weight excluding hydrogens is 320 g/mol. The number of rotatable bonds is 6. The Morgan fingerprint density at radius 1 is 1.12 bits per heavy atom. The highest BCUT2D eigenvalue weighted by atomic mass is 32.2. The molecule has 0 heterocycles. The molecule has 24 heavy (non-hydrogen) atoms. The van der Waals surface area contributed by atoms with Crippen LogP contribution >= 0.6 is 0 Å². The fraction of sp³-hybridized carbons (Fsp3) is 0.316. The van der Waals surface area contributed by atoms with Crippen molar-refractivity contribution in [2.24, 2.45) is 0 Å². The number of benzene rings is 2. The van der Waals surface area contributed by atoms with Gasteiger partial charge in [0, 0.05) is 41.6 Å². The van der Waals surface area contributed by atoms with Gasteiger partial charge in [0.15, 0.2) is 0 Å². The van der Waals surface area contributed by atoms with Crippen LogP contribution < -0.4 is 5.32 Å². The van der Waals surface area contributed by atoms with E-state index >= 15 is 0 Å². The fourth-order valence-corrected chi connectivity index (χ4v) is 3.37. The van der Waals surface area contributed by atoms with E-state index in [1.165, 1.54) is 5.56 Å². The number of para-hydroxylation sites is 1. The molecule has 128 valence electrons. The van der Waals surface area contributed by atoms with E-state index in [4.69, 9.17) is 0 Å². The number of amides is 2. The van der Waals surface area contributed by atoms with Crippen LogP contribution in [0.1, 0.15) is 18.1 Å². The standard InChI is InChI=1S/C19H24N2O2S/c1-15(14-24(3)23)21(2)19(22)20-18-12-8-7-11-17(18)13-16-9-5-4-6-10-16/h4-12,15H,13-14H2,1-3H3,(H,20,22)/t15-,24+/m0/s1. The Bertz CT molecular complexity index is 704. The second-order valence-corrected chi connectivity index (χ2v) is 7.43. The largest absolute Gasteiger partial charge is 0.324 e. The van der Waals surface area contributed by atoms with E-state index in [1.807, 2.05) is 49.4 Å². The van der Waals surface area contributed by atoms with Crippen LogP contribution in [-0.4, -0.2) is 40.2 Å². The van der Waals surface area contributed by atoms with Crippen molar-refractivity contribution in [2.45, 2.75) is 19.4 Å². The summed E-state index contributed by atoms with van der Waals surface area (Å²) in [6.07, 6.45) is 2.41. The monoisotopic (exact) mass is 344 g/mol. The minimum absolute atomic E-state index is 0.0860. The highest BCUT2D eigenvalue weighted by Gasteiger charge is 2.17. The molecule has 0 aromatic heterocycles. The third-order valence-electron chi connectivity index (χ3n) is 3.95. The van der Waals surface area contributed by atoms with E-state index in [1.54, 1.807) is 18.2 Å². The van der Waals surface area contributed by atoms with E-state index in [2.05, 4.69) is 17.4 Å². The van der Waals surface area contributed by atoms with Gasteiger partial charge in [-0.25, -0.2) is 4.79 Å². The van der Waals surface area contributed by atoms with Gasteiger partial charge in [-0.05, 0) is 30.5 Å². The van der Waals surface area contributed by atoms with Crippen LogP contribution in [0.15, 0.2) is 54.6 Å². The number of carbonyl (C=O) groups is 1. The summed E-state index contributed by atoms with van der Waals surface area (Å²) in [5.74, 6) is 0.468. The number of anilines is 1. The molecule has 0 saturated heterocycles. The summed E-state index contributed by atoms with van der Waals surface area (Å²) in [5, 5.41) is 2.97. The lowest BCUT2D eigenvalue weighted by molar-refractivity contribution is 0.212. The Hall–Kier alpha value is -2.14. The van der Waals surface area contributed by atoms with E-state index in [-0.39, 0.29) is 12.1 Å². The normalized spacial score (nSPS) is 13.1. The van der Waals surface area contributed by atoms with E-state index in [0.29, 0.717) is 5.75 Å². The van der Waals surface area contributed by atoms with Crippen LogP contribution in [0, 0.1) is 0 Å². The number of hydrogen-bond donors (Lipinski definition) is 1. The molecule has 1 N–H and O–H groups in total. The number of nitrogens with one attached hydrogen (secondary N) is 1. The molecule has 2 aromatic carbocycles. The van der Waals surface area contributed by atoms with Gasteiger partial charge in [0.25, 0.3) is 0 Å². The summed E-state index contributed by atoms with van der Waals surface area (Å²) in [7, 11) is 0.797. The van der Waals surface area contributed by atoms with Crippen LogP contribution in [0.2, 0.25) is 0 Å². The number of nitrogens with zero attached hydrogens (tertiary/aromatic N) is 1. The van der Waals surface area contributed by atoms with Crippen molar-refractivity contribution in [3.63, 3.8) is 0 Å². The SMILES string of the molecule is C[C@@H](C[S@@](C)=O)N(C)C(=O)Nc1ccccc1Cc1ccccc1. The Labute approximate surface area is 146 Å². The number of urea groups is 1. The number of carbonyl (C=O) groups excluding carboxylic acids is 1. The smallest absolute Gasteiger partial charge is 0.321 e. The maximum absolute atomic E-state index is 12.5. The van der Waals surface area contributed by atoms with Gasteiger partial charge in [0.1, 0.15) is 0 Å². The minimum atomic E-state index is -0.932. The first-order valence-corrected chi connectivity index (χ1v) is 9.65. The van der Waals surface area contributed by atoms with Crippen molar-refractivity contribution < 1.29 is 9.00 Å². The molecule has 5 heteroatoms. The van der Waals surface area contributed by atoms with Gasteiger partial charge in [-0.1, -0.05) is 48.5 Å². The molecule has 0 aliphatic carbocycles. The van der Waals surface area contributed by atoms with Crippen molar-refractivity contribution in [3.8, 4) is 0 Å². The lowest BCUT2D eigenvalue weighted by Gasteiger charge is -2.25. The summed E-state index contributed by atoms with van der Waals surface area (Å²) in [6, 6.07) is 17.7. The first-order valence-electron chi connectivity index (χ1n) is 7.93. The topological polar surface area (TPSA) is 49.4 Å². The molecule has 0 aliphatic heterocycles. The van der Waals surface area contributed by atoms with Crippen molar-refractivity contribution in [2.75, 3.05) is 24.4 Å². The van der Waals surface area contributed by atoms with Crippen molar-refractivity contribution in [1.82, 2.24) is 4.90 Å². The second kappa shape index (κ2) is 8.64. The van der Waals surface area contributed by atoms with Crippen LogP contribution in [0.25, 0.3) is 0 Å². The molecule has 2 atom stereocenters. The van der Waals surface area contributed by atoms with E-state index < -0.39 is 10.8 Å². The third-order valence-corrected chi connectivity index (χ3v) is 4.91. The molecule has 0 bridgehead atoms. The molecule has 0 fully saturated rings. The molecule has 0 aliphatic rings. The van der Waals surface area contributed by atoms with Gasteiger partial charge in [0.05, 0.1) is 0 Å². The second-order valence-electron chi connectivity index (χ2n) is 5.95. The summed E-state index contributed by atoms with van der Waals surface area (Å²) in [5.41, 5.74) is 3.07. The molecule has 0 spiro atoms. The van der Waals surface area contributed by atoms with Crippen LogP contribution in [0.3, 0.4) is 0 Å². The zero-order valence-electron chi connectivity index (χ0n) is 14.4. The Balaban J connectivity index is 2.09. The molecule has 2 rings (SSSR count). The maximum Gasteiger partial charge on any atom is 0.321 e. The first-order chi connectivity index (χ1) is 11.5. The summed E-state index contributed by atoms with van der Waals surface area (Å²) in [6.45, 7) is 1.90. The summed E-state index contributed by atoms with van der Waals surface area (Å²) >= 11 is 0. The number of hydrogen-bond acceptors (Lipinski definition) is 2. The zero-order chi connectivity index (χ0) is 17.5. The Kier molecular flexibility index (Phi) is 6.55. The quantitative estimate of drug-likeness (QED) is 0.872.